The van der Waals surface area contributed by atoms with Gasteiger partial charge in [0.05, 0.1) is 4.92 Å². The van der Waals surface area contributed by atoms with Crippen LogP contribution in [0, 0.1) is 10.1 Å². The number of nitrogens with zero attached hydrogens (tertiary/aromatic N) is 3. The van der Waals surface area contributed by atoms with Gasteiger partial charge >= 0.3 is 11.7 Å². The van der Waals surface area contributed by atoms with Gasteiger partial charge in [0.2, 0.25) is 0 Å². The summed E-state index contributed by atoms with van der Waals surface area (Å²) in [6.07, 6.45) is 2.71. The Morgan fingerprint density at radius 3 is 2.71 bits per heavy atom. The molecule has 0 atom stereocenters. The van der Waals surface area contributed by atoms with Crippen molar-refractivity contribution in [2.75, 3.05) is 13.2 Å². The van der Waals surface area contributed by atoms with E-state index in [4.69, 9.17) is 4.74 Å². The van der Waals surface area contributed by atoms with Crippen molar-refractivity contribution < 1.29 is 19.6 Å². The van der Waals surface area contributed by atoms with Gasteiger partial charge in [-0.15, -0.1) is 0 Å². The lowest BCUT2D eigenvalue weighted by Gasteiger charge is -2.32. The number of carboxylic acids is 1. The van der Waals surface area contributed by atoms with Gasteiger partial charge in [-0.1, -0.05) is 0 Å². The Bertz CT molecular complexity index is 449. The van der Waals surface area contributed by atoms with Crippen LogP contribution in [0.1, 0.15) is 12.8 Å². The van der Waals surface area contributed by atoms with Crippen molar-refractivity contribution in [3.63, 3.8) is 0 Å². The number of carboxylic acid groups (broad SMARTS) is 1. The summed E-state index contributed by atoms with van der Waals surface area (Å²) in [5.74, 6) is -1.04. The maximum atomic E-state index is 11.4. The van der Waals surface area contributed by atoms with E-state index in [9.17, 15) is 20.0 Å². The van der Waals surface area contributed by atoms with Crippen LogP contribution in [-0.4, -0.2) is 39.0 Å². The molecule has 0 unspecified atom stereocenters. The van der Waals surface area contributed by atoms with Crippen LogP contribution >= 0.6 is 0 Å². The van der Waals surface area contributed by atoms with Gasteiger partial charge in [0.15, 0.2) is 5.54 Å². The number of carbonyl (C=O) groups is 1. The fourth-order valence-electron chi connectivity index (χ4n) is 1.89. The van der Waals surface area contributed by atoms with Crippen LogP contribution < -0.4 is 0 Å². The second kappa shape index (κ2) is 4.13. The molecule has 8 nitrogen and oxygen atoms in total. The third-order valence-corrected chi connectivity index (χ3v) is 2.94. The van der Waals surface area contributed by atoms with Crippen molar-refractivity contribution in [1.82, 2.24) is 9.78 Å². The summed E-state index contributed by atoms with van der Waals surface area (Å²) in [7, 11) is 0. The first-order chi connectivity index (χ1) is 8.06. The van der Waals surface area contributed by atoms with E-state index < -0.39 is 16.4 Å². The Labute approximate surface area is 95.9 Å². The first-order valence-electron chi connectivity index (χ1n) is 5.07. The fourth-order valence-corrected chi connectivity index (χ4v) is 1.89. The lowest BCUT2D eigenvalue weighted by Crippen LogP contribution is -2.46. The average Bonchev–Trinajstić information content (AvgIpc) is 2.79. The van der Waals surface area contributed by atoms with Crippen molar-refractivity contribution in [2.45, 2.75) is 18.4 Å². The SMILES string of the molecule is O=C(O)C1(n2cc([N+](=O)[O-])cn2)CCOCC1. The van der Waals surface area contributed by atoms with Gasteiger partial charge in [-0.05, 0) is 0 Å². The number of nitro groups is 1. The van der Waals surface area contributed by atoms with E-state index in [1.807, 2.05) is 0 Å². The van der Waals surface area contributed by atoms with Crippen LogP contribution in [0.5, 0.6) is 0 Å². The Morgan fingerprint density at radius 2 is 2.24 bits per heavy atom. The summed E-state index contributed by atoms with van der Waals surface area (Å²) in [5.41, 5.74) is -1.44. The minimum Gasteiger partial charge on any atom is -0.479 e. The van der Waals surface area contributed by atoms with Gasteiger partial charge in [-0.2, -0.15) is 5.10 Å². The van der Waals surface area contributed by atoms with Gasteiger partial charge < -0.3 is 9.84 Å². The maximum Gasteiger partial charge on any atom is 0.331 e. The highest BCUT2D eigenvalue weighted by Gasteiger charge is 2.43. The molecule has 0 amide bonds. The lowest BCUT2D eigenvalue weighted by molar-refractivity contribution is -0.385. The van der Waals surface area contributed by atoms with E-state index in [0.29, 0.717) is 13.2 Å². The maximum absolute atomic E-state index is 11.4. The van der Waals surface area contributed by atoms with Crippen molar-refractivity contribution in [3.05, 3.63) is 22.5 Å². The molecule has 0 spiro atoms. The summed E-state index contributed by atoms with van der Waals surface area (Å²) >= 11 is 0. The Kier molecular flexibility index (Phi) is 2.80. The molecular formula is C9H11N3O5. The molecule has 1 aromatic rings. The summed E-state index contributed by atoms with van der Waals surface area (Å²) in [4.78, 5) is 21.3. The molecule has 0 aliphatic carbocycles. The van der Waals surface area contributed by atoms with E-state index in [1.54, 1.807) is 0 Å². The molecule has 2 rings (SSSR count). The molecule has 0 bridgehead atoms. The number of aromatic nitrogens is 2. The molecule has 0 aromatic carbocycles. The van der Waals surface area contributed by atoms with Crippen LogP contribution in [-0.2, 0) is 15.1 Å². The normalized spacial score (nSPS) is 18.8. The number of ether oxygens (including phenoxy) is 1. The van der Waals surface area contributed by atoms with E-state index in [2.05, 4.69) is 5.10 Å². The van der Waals surface area contributed by atoms with Crippen molar-refractivity contribution >= 4 is 11.7 Å². The zero-order chi connectivity index (χ0) is 12.5. The number of hydrogen-bond donors (Lipinski definition) is 1. The molecular weight excluding hydrogens is 230 g/mol. The number of hydrogen-bond acceptors (Lipinski definition) is 5. The van der Waals surface area contributed by atoms with Crippen LogP contribution in [0.25, 0.3) is 0 Å². The van der Waals surface area contributed by atoms with Gasteiger partial charge in [-0.3, -0.25) is 10.1 Å². The smallest absolute Gasteiger partial charge is 0.331 e. The Hall–Kier alpha value is -1.96. The molecule has 1 saturated heterocycles. The molecule has 1 aromatic heterocycles. The first-order valence-corrected chi connectivity index (χ1v) is 5.07. The van der Waals surface area contributed by atoms with Crippen molar-refractivity contribution in [1.29, 1.82) is 0 Å². The van der Waals surface area contributed by atoms with Gasteiger partial charge in [0.25, 0.3) is 0 Å². The number of aliphatic carboxylic acids is 1. The Balaban J connectivity index is 2.38. The van der Waals surface area contributed by atoms with E-state index in [0.717, 1.165) is 17.1 Å². The minimum atomic E-state index is -1.23. The van der Waals surface area contributed by atoms with Crippen LogP contribution in [0.15, 0.2) is 12.4 Å². The zero-order valence-corrected chi connectivity index (χ0v) is 8.90. The molecule has 17 heavy (non-hydrogen) atoms. The summed E-state index contributed by atoms with van der Waals surface area (Å²) in [6, 6.07) is 0. The second-order valence-electron chi connectivity index (χ2n) is 3.85. The highest BCUT2D eigenvalue weighted by molar-refractivity contribution is 5.76. The molecule has 0 saturated carbocycles. The van der Waals surface area contributed by atoms with Gasteiger partial charge in [-0.25, -0.2) is 9.48 Å². The second-order valence-corrected chi connectivity index (χ2v) is 3.85. The van der Waals surface area contributed by atoms with Crippen LogP contribution in [0.4, 0.5) is 5.69 Å². The minimum absolute atomic E-state index is 0.211. The van der Waals surface area contributed by atoms with E-state index in [-0.39, 0.29) is 18.5 Å². The van der Waals surface area contributed by atoms with Crippen molar-refractivity contribution in [3.8, 4) is 0 Å². The monoisotopic (exact) mass is 241 g/mol. The highest BCUT2D eigenvalue weighted by Crippen LogP contribution is 2.30. The lowest BCUT2D eigenvalue weighted by atomic mass is 9.90. The zero-order valence-electron chi connectivity index (χ0n) is 8.90. The first kappa shape index (κ1) is 11.5. The molecule has 1 aliphatic heterocycles. The fraction of sp³-hybridized carbons (Fsp3) is 0.556. The van der Waals surface area contributed by atoms with E-state index in [1.165, 1.54) is 0 Å². The summed E-state index contributed by atoms with van der Waals surface area (Å²) in [6.45, 7) is 0.611. The molecule has 92 valence electrons. The Morgan fingerprint density at radius 1 is 1.59 bits per heavy atom. The molecule has 0 radical (unpaired) electrons. The predicted molar refractivity (Wildman–Crippen MR) is 54.5 cm³/mol. The number of rotatable bonds is 3. The summed E-state index contributed by atoms with van der Waals surface area (Å²) < 4.78 is 6.28. The third-order valence-electron chi connectivity index (χ3n) is 2.94. The highest BCUT2D eigenvalue weighted by atomic mass is 16.6. The quantitative estimate of drug-likeness (QED) is 0.605. The van der Waals surface area contributed by atoms with Crippen LogP contribution in [0.2, 0.25) is 0 Å². The third kappa shape index (κ3) is 1.86. The van der Waals surface area contributed by atoms with Gasteiger partial charge in [0, 0.05) is 26.1 Å². The van der Waals surface area contributed by atoms with Crippen molar-refractivity contribution in [2.24, 2.45) is 0 Å². The van der Waals surface area contributed by atoms with E-state index >= 15 is 0 Å². The van der Waals surface area contributed by atoms with Gasteiger partial charge in [0.1, 0.15) is 12.4 Å². The molecule has 1 aliphatic rings. The molecule has 1 N–H and O–H groups in total. The largest absolute Gasteiger partial charge is 0.479 e. The van der Waals surface area contributed by atoms with Crippen LogP contribution in [0.3, 0.4) is 0 Å². The molecule has 2 heterocycles. The molecule has 1 fully saturated rings. The topological polar surface area (TPSA) is 107 Å². The average molecular weight is 241 g/mol. The standard InChI is InChI=1S/C9H11N3O5/c13-8(14)9(1-3-17-4-2-9)11-6-7(5-10-11)12(15)16/h5-6H,1-4H2,(H,13,14). The summed E-state index contributed by atoms with van der Waals surface area (Å²) in [5, 5.41) is 23.6. The molecule has 8 heteroatoms. The predicted octanol–water partition coefficient (Wildman–Crippen LogP) is 0.382.